The van der Waals surface area contributed by atoms with Gasteiger partial charge in [0.1, 0.15) is 0 Å². The van der Waals surface area contributed by atoms with Crippen LogP contribution in [-0.4, -0.2) is 23.0 Å². The van der Waals surface area contributed by atoms with Gasteiger partial charge >= 0.3 is 5.97 Å². The third-order valence-corrected chi connectivity index (χ3v) is 3.03. The molecule has 102 valence electrons. The van der Waals surface area contributed by atoms with Crippen LogP contribution >= 0.6 is 23.2 Å². The van der Waals surface area contributed by atoms with Crippen LogP contribution in [0.2, 0.25) is 10.3 Å². The molecular formula is C14H10Cl2N2O2. The van der Waals surface area contributed by atoms with E-state index in [0.29, 0.717) is 10.6 Å². The van der Waals surface area contributed by atoms with Gasteiger partial charge in [0, 0.05) is 18.0 Å². The number of hydrogen-bond donors (Lipinski definition) is 0. The molecule has 1 heterocycles. The van der Waals surface area contributed by atoms with Crippen LogP contribution in [0.25, 0.3) is 12.2 Å². The number of esters is 1. The second kappa shape index (κ2) is 6.50. The summed E-state index contributed by atoms with van der Waals surface area (Å²) in [6.07, 6.45) is 6.82. The Bertz CT molecular complexity index is 655. The third-order valence-electron chi connectivity index (χ3n) is 2.50. The lowest BCUT2D eigenvalue weighted by Crippen LogP contribution is -2.02. The van der Waals surface area contributed by atoms with Gasteiger partial charge in [-0.15, -0.1) is 0 Å². The van der Waals surface area contributed by atoms with Crippen LogP contribution in [0.15, 0.2) is 30.6 Å². The normalized spacial score (nSPS) is 10.8. The van der Waals surface area contributed by atoms with Crippen molar-refractivity contribution in [1.29, 1.82) is 0 Å². The molecule has 0 aliphatic heterocycles. The smallest absolute Gasteiger partial charge is 0.339 e. The van der Waals surface area contributed by atoms with Gasteiger partial charge in [0.05, 0.1) is 17.7 Å². The molecule has 0 saturated heterocycles. The highest BCUT2D eigenvalue weighted by atomic mass is 35.5. The Morgan fingerprint density at radius 2 is 1.80 bits per heavy atom. The molecule has 2 rings (SSSR count). The second-order valence-corrected chi connectivity index (χ2v) is 4.59. The highest BCUT2D eigenvalue weighted by Gasteiger charge is 2.10. The largest absolute Gasteiger partial charge is 0.465 e. The van der Waals surface area contributed by atoms with Crippen LogP contribution in [0, 0.1) is 0 Å². The first-order chi connectivity index (χ1) is 9.60. The van der Waals surface area contributed by atoms with E-state index in [1.54, 1.807) is 36.7 Å². The zero-order chi connectivity index (χ0) is 14.5. The van der Waals surface area contributed by atoms with Crippen molar-refractivity contribution in [1.82, 2.24) is 9.97 Å². The Morgan fingerprint density at radius 3 is 2.45 bits per heavy atom. The minimum Gasteiger partial charge on any atom is -0.465 e. The molecule has 1 aromatic carbocycles. The summed E-state index contributed by atoms with van der Waals surface area (Å²) in [5, 5.41) is 0.547. The van der Waals surface area contributed by atoms with E-state index in [4.69, 9.17) is 23.2 Å². The summed E-state index contributed by atoms with van der Waals surface area (Å²) >= 11 is 11.6. The second-order valence-electron chi connectivity index (χ2n) is 3.85. The lowest BCUT2D eigenvalue weighted by Gasteiger charge is -2.03. The van der Waals surface area contributed by atoms with Crippen LogP contribution in [0.4, 0.5) is 0 Å². The first kappa shape index (κ1) is 14.5. The lowest BCUT2D eigenvalue weighted by atomic mass is 10.1. The van der Waals surface area contributed by atoms with Gasteiger partial charge in [-0.2, -0.15) is 0 Å². The van der Waals surface area contributed by atoms with Crippen LogP contribution in [0.3, 0.4) is 0 Å². The Hall–Kier alpha value is -1.91. The Kier molecular flexibility index (Phi) is 4.71. The van der Waals surface area contributed by atoms with Gasteiger partial charge in [0.25, 0.3) is 0 Å². The van der Waals surface area contributed by atoms with Gasteiger partial charge in [0.15, 0.2) is 0 Å². The number of ether oxygens (including phenoxy) is 1. The van der Waals surface area contributed by atoms with E-state index < -0.39 is 5.97 Å². The molecule has 6 heteroatoms. The van der Waals surface area contributed by atoms with Gasteiger partial charge in [0.2, 0.25) is 5.28 Å². The van der Waals surface area contributed by atoms with Gasteiger partial charge < -0.3 is 4.74 Å². The number of carbonyl (C=O) groups is 1. The molecule has 1 aromatic heterocycles. The summed E-state index contributed by atoms with van der Waals surface area (Å²) < 4.78 is 4.67. The SMILES string of the molecule is COC(=O)c1cc(/C=C/c2cnc(Cl)nc2)ccc1Cl. The van der Waals surface area contributed by atoms with E-state index in [1.165, 1.54) is 7.11 Å². The van der Waals surface area contributed by atoms with Crippen molar-refractivity contribution in [2.24, 2.45) is 0 Å². The van der Waals surface area contributed by atoms with E-state index >= 15 is 0 Å². The van der Waals surface area contributed by atoms with Crippen LogP contribution in [0.1, 0.15) is 21.5 Å². The maximum atomic E-state index is 11.5. The number of nitrogens with zero attached hydrogens (tertiary/aromatic N) is 2. The zero-order valence-electron chi connectivity index (χ0n) is 10.5. The summed E-state index contributed by atoms with van der Waals surface area (Å²) in [5.74, 6) is -0.472. The molecule has 0 fully saturated rings. The summed E-state index contributed by atoms with van der Waals surface area (Å²) in [6.45, 7) is 0. The van der Waals surface area contributed by atoms with Crippen molar-refractivity contribution >= 4 is 41.3 Å². The fourth-order valence-electron chi connectivity index (χ4n) is 1.51. The monoisotopic (exact) mass is 308 g/mol. The van der Waals surface area contributed by atoms with E-state index in [9.17, 15) is 4.79 Å². The number of carbonyl (C=O) groups excluding carboxylic acids is 1. The summed E-state index contributed by atoms with van der Waals surface area (Å²) in [5.41, 5.74) is 1.93. The fourth-order valence-corrected chi connectivity index (χ4v) is 1.81. The fraction of sp³-hybridized carbons (Fsp3) is 0.0714. The molecule has 0 aliphatic rings. The van der Waals surface area contributed by atoms with Crippen LogP contribution < -0.4 is 0 Å². The molecular weight excluding hydrogens is 299 g/mol. The Labute approximate surface area is 126 Å². The van der Waals surface area contributed by atoms with Crippen molar-refractivity contribution in [3.8, 4) is 0 Å². The predicted octanol–water partition coefficient (Wildman–Crippen LogP) is 3.74. The van der Waals surface area contributed by atoms with Crippen molar-refractivity contribution in [2.75, 3.05) is 7.11 Å². The van der Waals surface area contributed by atoms with E-state index in [2.05, 4.69) is 14.7 Å². The molecule has 0 N–H and O–H groups in total. The molecule has 0 amide bonds. The van der Waals surface area contributed by atoms with Crippen molar-refractivity contribution in [3.63, 3.8) is 0 Å². The first-order valence-corrected chi connectivity index (χ1v) is 6.39. The number of benzene rings is 1. The topological polar surface area (TPSA) is 52.1 Å². The lowest BCUT2D eigenvalue weighted by molar-refractivity contribution is 0.0601. The van der Waals surface area contributed by atoms with Crippen molar-refractivity contribution < 1.29 is 9.53 Å². The molecule has 4 nitrogen and oxygen atoms in total. The highest BCUT2D eigenvalue weighted by Crippen LogP contribution is 2.20. The van der Waals surface area contributed by atoms with Crippen LogP contribution in [0.5, 0.6) is 0 Å². The number of rotatable bonds is 3. The van der Waals surface area contributed by atoms with Gasteiger partial charge in [-0.3, -0.25) is 0 Å². The van der Waals surface area contributed by atoms with Gasteiger partial charge in [-0.1, -0.05) is 29.8 Å². The molecule has 0 atom stereocenters. The van der Waals surface area contributed by atoms with Gasteiger partial charge in [-0.05, 0) is 29.3 Å². The molecule has 0 unspecified atom stereocenters. The molecule has 0 bridgehead atoms. The molecule has 0 saturated carbocycles. The molecule has 20 heavy (non-hydrogen) atoms. The maximum absolute atomic E-state index is 11.5. The first-order valence-electron chi connectivity index (χ1n) is 5.63. The number of aromatic nitrogens is 2. The summed E-state index contributed by atoms with van der Waals surface area (Å²) in [7, 11) is 1.31. The highest BCUT2D eigenvalue weighted by molar-refractivity contribution is 6.33. The minimum atomic E-state index is -0.472. The average molecular weight is 309 g/mol. The molecule has 0 aliphatic carbocycles. The van der Waals surface area contributed by atoms with Crippen molar-refractivity contribution in [3.05, 3.63) is 57.6 Å². The Morgan fingerprint density at radius 1 is 1.15 bits per heavy atom. The Balaban J connectivity index is 2.25. The quantitative estimate of drug-likeness (QED) is 0.640. The minimum absolute atomic E-state index is 0.196. The molecule has 0 spiro atoms. The number of halogens is 2. The zero-order valence-corrected chi connectivity index (χ0v) is 12.0. The van der Waals surface area contributed by atoms with Gasteiger partial charge in [-0.25, -0.2) is 14.8 Å². The van der Waals surface area contributed by atoms with Crippen molar-refractivity contribution in [2.45, 2.75) is 0 Å². The number of hydrogen-bond acceptors (Lipinski definition) is 4. The van der Waals surface area contributed by atoms with Crippen LogP contribution in [-0.2, 0) is 4.74 Å². The standard InChI is InChI=1S/C14H10Cl2N2O2/c1-20-13(19)11-6-9(4-5-12(11)15)2-3-10-7-17-14(16)18-8-10/h2-8H,1H3/b3-2+. The number of methoxy groups -OCH3 is 1. The third kappa shape index (κ3) is 3.56. The van der Waals surface area contributed by atoms with E-state index in [1.807, 2.05) is 6.08 Å². The van der Waals surface area contributed by atoms with E-state index in [-0.39, 0.29) is 5.28 Å². The maximum Gasteiger partial charge on any atom is 0.339 e. The predicted molar refractivity (Wildman–Crippen MR) is 78.8 cm³/mol. The summed E-state index contributed by atoms with van der Waals surface area (Å²) in [4.78, 5) is 19.3. The summed E-state index contributed by atoms with van der Waals surface area (Å²) in [6, 6.07) is 5.09. The average Bonchev–Trinajstić information content (AvgIpc) is 2.47. The molecule has 2 aromatic rings. The molecule has 0 radical (unpaired) electrons. The van der Waals surface area contributed by atoms with E-state index in [0.717, 1.165) is 11.1 Å².